The van der Waals surface area contributed by atoms with Crippen molar-refractivity contribution < 1.29 is 0 Å². The Hall–Kier alpha value is -1.80. The van der Waals surface area contributed by atoms with Crippen LogP contribution in [0.1, 0.15) is 35.8 Å². The highest BCUT2D eigenvalue weighted by Gasteiger charge is 2.28. The van der Waals surface area contributed by atoms with Crippen molar-refractivity contribution in [2.24, 2.45) is 0 Å². The maximum absolute atomic E-state index is 8.77. The molecule has 1 aromatic carbocycles. The van der Waals surface area contributed by atoms with Gasteiger partial charge in [0.15, 0.2) is 5.16 Å². The lowest BCUT2D eigenvalue weighted by atomic mass is 10.2. The fourth-order valence-corrected chi connectivity index (χ4v) is 3.03. The molecule has 0 saturated heterocycles. The number of aromatic nitrogens is 3. The van der Waals surface area contributed by atoms with Crippen LogP contribution in [0.5, 0.6) is 0 Å². The van der Waals surface area contributed by atoms with Crippen molar-refractivity contribution in [1.29, 1.82) is 5.26 Å². The van der Waals surface area contributed by atoms with Gasteiger partial charge in [-0.05, 0) is 37.5 Å². The minimum Gasteiger partial charge on any atom is -0.303 e. The van der Waals surface area contributed by atoms with Crippen molar-refractivity contribution in [2.75, 3.05) is 0 Å². The molecular weight excluding hydrogens is 256 g/mol. The van der Waals surface area contributed by atoms with E-state index in [-0.39, 0.29) is 0 Å². The van der Waals surface area contributed by atoms with E-state index in [1.165, 1.54) is 18.4 Å². The first-order valence-electron chi connectivity index (χ1n) is 6.31. The van der Waals surface area contributed by atoms with Gasteiger partial charge < -0.3 is 4.57 Å². The number of hydrogen-bond donors (Lipinski definition) is 0. The number of benzene rings is 1. The van der Waals surface area contributed by atoms with Crippen molar-refractivity contribution in [3.8, 4) is 6.07 Å². The predicted octanol–water partition coefficient (Wildman–Crippen LogP) is 3.09. The Kier molecular flexibility index (Phi) is 3.26. The van der Waals surface area contributed by atoms with Gasteiger partial charge in [-0.15, -0.1) is 10.2 Å². The van der Waals surface area contributed by atoms with E-state index >= 15 is 0 Å². The summed E-state index contributed by atoms with van der Waals surface area (Å²) in [4.78, 5) is 0. The van der Waals surface area contributed by atoms with Crippen molar-refractivity contribution in [2.45, 2.75) is 36.7 Å². The van der Waals surface area contributed by atoms with E-state index in [0.29, 0.717) is 11.6 Å². The molecule has 19 heavy (non-hydrogen) atoms. The average molecular weight is 270 g/mol. The third-order valence-corrected chi connectivity index (χ3v) is 4.21. The summed E-state index contributed by atoms with van der Waals surface area (Å²) in [6.45, 7) is 2.01. The Morgan fingerprint density at radius 3 is 2.68 bits per heavy atom. The Balaban J connectivity index is 1.70. The molecule has 4 nitrogen and oxygen atoms in total. The monoisotopic (exact) mass is 270 g/mol. The van der Waals surface area contributed by atoms with Crippen molar-refractivity contribution >= 4 is 11.8 Å². The number of rotatable bonds is 4. The minimum atomic E-state index is 0.610. The lowest BCUT2D eigenvalue weighted by Gasteiger charge is -2.06. The SMILES string of the molecule is Cc1nnc(SCc2ccc(C#N)cc2)n1C1CC1. The van der Waals surface area contributed by atoms with Gasteiger partial charge in [0.1, 0.15) is 5.82 Å². The third kappa shape index (κ3) is 2.64. The molecule has 0 spiro atoms. The number of aryl methyl sites for hydroxylation is 1. The van der Waals surface area contributed by atoms with Crippen LogP contribution in [-0.2, 0) is 5.75 Å². The van der Waals surface area contributed by atoms with E-state index in [1.54, 1.807) is 11.8 Å². The first kappa shape index (κ1) is 12.2. The predicted molar refractivity (Wildman–Crippen MR) is 73.7 cm³/mol. The molecule has 96 valence electrons. The molecule has 3 rings (SSSR count). The van der Waals surface area contributed by atoms with Gasteiger partial charge in [0.2, 0.25) is 0 Å². The smallest absolute Gasteiger partial charge is 0.191 e. The molecule has 0 radical (unpaired) electrons. The number of hydrogen-bond acceptors (Lipinski definition) is 4. The van der Waals surface area contributed by atoms with Crippen LogP contribution in [0.25, 0.3) is 0 Å². The van der Waals surface area contributed by atoms with E-state index in [4.69, 9.17) is 5.26 Å². The molecule has 1 saturated carbocycles. The zero-order valence-corrected chi connectivity index (χ0v) is 11.5. The molecule has 0 bridgehead atoms. The van der Waals surface area contributed by atoms with Crippen molar-refractivity contribution in [1.82, 2.24) is 14.8 Å². The highest BCUT2D eigenvalue weighted by molar-refractivity contribution is 7.98. The van der Waals surface area contributed by atoms with E-state index in [1.807, 2.05) is 31.2 Å². The summed E-state index contributed by atoms with van der Waals surface area (Å²) in [6.07, 6.45) is 2.48. The standard InChI is InChI=1S/C14H14N4S/c1-10-16-17-14(18(10)13-6-7-13)19-9-12-4-2-11(8-15)3-5-12/h2-5,13H,6-7,9H2,1H3. The second-order valence-electron chi connectivity index (χ2n) is 4.73. The van der Waals surface area contributed by atoms with Gasteiger partial charge in [0, 0.05) is 11.8 Å². The molecule has 0 N–H and O–H groups in total. The summed E-state index contributed by atoms with van der Waals surface area (Å²) in [5, 5.41) is 18.2. The molecular formula is C14H14N4S. The van der Waals surface area contributed by atoms with Crippen LogP contribution < -0.4 is 0 Å². The Bertz CT molecular complexity index is 620. The van der Waals surface area contributed by atoms with Crippen molar-refractivity contribution in [3.63, 3.8) is 0 Å². The molecule has 1 aromatic heterocycles. The summed E-state index contributed by atoms with van der Waals surface area (Å²) < 4.78 is 2.24. The van der Waals surface area contributed by atoms with Crippen LogP contribution in [0.15, 0.2) is 29.4 Å². The molecule has 2 aromatic rings. The van der Waals surface area contributed by atoms with Gasteiger partial charge in [-0.1, -0.05) is 23.9 Å². The van der Waals surface area contributed by atoms with Crippen LogP contribution in [0.4, 0.5) is 0 Å². The fraction of sp³-hybridized carbons (Fsp3) is 0.357. The maximum atomic E-state index is 8.77. The fourth-order valence-electron chi connectivity index (χ4n) is 2.02. The van der Waals surface area contributed by atoms with E-state index in [2.05, 4.69) is 20.8 Å². The van der Waals surface area contributed by atoms with Gasteiger partial charge in [-0.3, -0.25) is 0 Å². The molecule has 0 amide bonds. The molecule has 1 fully saturated rings. The van der Waals surface area contributed by atoms with Crippen LogP contribution in [0.3, 0.4) is 0 Å². The normalized spacial score (nSPS) is 14.3. The largest absolute Gasteiger partial charge is 0.303 e. The second kappa shape index (κ2) is 5.06. The zero-order chi connectivity index (χ0) is 13.2. The van der Waals surface area contributed by atoms with E-state index in [9.17, 15) is 0 Å². The third-order valence-electron chi connectivity index (χ3n) is 3.20. The Labute approximate surface area is 116 Å². The first-order chi connectivity index (χ1) is 9.28. The summed E-state index contributed by atoms with van der Waals surface area (Å²) in [5.41, 5.74) is 1.90. The van der Waals surface area contributed by atoms with Crippen molar-refractivity contribution in [3.05, 3.63) is 41.2 Å². The first-order valence-corrected chi connectivity index (χ1v) is 7.30. The number of nitriles is 1. The van der Waals surface area contributed by atoms with E-state index < -0.39 is 0 Å². The van der Waals surface area contributed by atoms with Crippen LogP contribution >= 0.6 is 11.8 Å². The lowest BCUT2D eigenvalue weighted by molar-refractivity contribution is 0.644. The van der Waals surface area contributed by atoms with Crippen LogP contribution in [0, 0.1) is 18.3 Å². The second-order valence-corrected chi connectivity index (χ2v) is 5.67. The summed E-state index contributed by atoms with van der Waals surface area (Å²) >= 11 is 1.71. The number of nitrogens with zero attached hydrogens (tertiary/aromatic N) is 4. The lowest BCUT2D eigenvalue weighted by Crippen LogP contribution is -1.99. The van der Waals surface area contributed by atoms with E-state index in [0.717, 1.165) is 16.7 Å². The summed E-state index contributed by atoms with van der Waals surface area (Å²) in [7, 11) is 0. The average Bonchev–Trinajstić information content (AvgIpc) is 3.21. The molecule has 0 aliphatic heterocycles. The van der Waals surface area contributed by atoms with Gasteiger partial charge in [-0.2, -0.15) is 5.26 Å². The van der Waals surface area contributed by atoms with Gasteiger partial charge in [0.05, 0.1) is 11.6 Å². The quantitative estimate of drug-likeness (QED) is 0.801. The highest BCUT2D eigenvalue weighted by Crippen LogP contribution is 2.39. The molecule has 1 aliphatic carbocycles. The van der Waals surface area contributed by atoms with Crippen LogP contribution in [-0.4, -0.2) is 14.8 Å². The summed E-state index contributed by atoms with van der Waals surface area (Å²) in [6, 6.07) is 10.4. The van der Waals surface area contributed by atoms with Gasteiger partial charge in [-0.25, -0.2) is 0 Å². The molecule has 1 heterocycles. The topological polar surface area (TPSA) is 54.5 Å². The van der Waals surface area contributed by atoms with Gasteiger partial charge >= 0.3 is 0 Å². The Morgan fingerprint density at radius 2 is 2.05 bits per heavy atom. The zero-order valence-electron chi connectivity index (χ0n) is 10.7. The minimum absolute atomic E-state index is 0.610. The van der Waals surface area contributed by atoms with Crippen LogP contribution in [0.2, 0.25) is 0 Å². The number of thioether (sulfide) groups is 1. The molecule has 1 aliphatic rings. The highest BCUT2D eigenvalue weighted by atomic mass is 32.2. The molecule has 0 unspecified atom stereocenters. The molecule has 5 heteroatoms. The molecule has 0 atom stereocenters. The maximum Gasteiger partial charge on any atom is 0.191 e. The summed E-state index contributed by atoms with van der Waals surface area (Å²) in [5.74, 6) is 1.86. The van der Waals surface area contributed by atoms with Gasteiger partial charge in [0.25, 0.3) is 0 Å². The Morgan fingerprint density at radius 1 is 1.32 bits per heavy atom.